The molecule has 1 aliphatic carbocycles. The molecule has 5 heteroatoms. The van der Waals surface area contributed by atoms with Crippen molar-refractivity contribution in [1.82, 2.24) is 15.1 Å². The highest BCUT2D eigenvalue weighted by atomic mass is 16.5. The molecular formula is C18H25N3O2. The molecule has 0 bridgehead atoms. The quantitative estimate of drug-likeness (QED) is 0.731. The molecule has 2 N–H and O–H groups in total. The molecule has 124 valence electrons. The van der Waals surface area contributed by atoms with E-state index >= 15 is 0 Å². The molecule has 0 saturated heterocycles. The zero-order valence-electron chi connectivity index (χ0n) is 13.4. The second kappa shape index (κ2) is 8.24. The lowest BCUT2D eigenvalue weighted by Crippen LogP contribution is -2.33. The number of aryl methyl sites for hydroxylation is 1. The Kier molecular flexibility index (Phi) is 5.80. The van der Waals surface area contributed by atoms with Crippen LogP contribution in [-0.2, 0) is 17.7 Å². The lowest BCUT2D eigenvalue weighted by Gasteiger charge is -2.26. The van der Waals surface area contributed by atoms with Gasteiger partial charge >= 0.3 is 0 Å². The van der Waals surface area contributed by atoms with Crippen molar-refractivity contribution in [3.05, 3.63) is 53.9 Å². The molecule has 3 rings (SSSR count). The van der Waals surface area contributed by atoms with E-state index in [4.69, 9.17) is 4.74 Å². The van der Waals surface area contributed by atoms with Crippen LogP contribution < -0.4 is 5.32 Å². The minimum absolute atomic E-state index is 0.124. The molecule has 0 radical (unpaired) electrons. The minimum Gasteiger partial charge on any atom is -0.389 e. The van der Waals surface area contributed by atoms with Crippen molar-refractivity contribution in [2.24, 2.45) is 0 Å². The fourth-order valence-electron chi connectivity index (χ4n) is 3.06. The van der Waals surface area contributed by atoms with Gasteiger partial charge in [-0.1, -0.05) is 24.3 Å². The maximum absolute atomic E-state index is 10.1. The van der Waals surface area contributed by atoms with Crippen LogP contribution in [0.2, 0.25) is 0 Å². The van der Waals surface area contributed by atoms with E-state index in [1.165, 1.54) is 11.1 Å². The molecule has 23 heavy (non-hydrogen) atoms. The second-order valence-corrected chi connectivity index (χ2v) is 6.04. The lowest BCUT2D eigenvalue weighted by molar-refractivity contribution is -0.0167. The average Bonchev–Trinajstić information content (AvgIpc) is 3.10. The largest absolute Gasteiger partial charge is 0.389 e. The molecule has 0 fully saturated rings. The summed E-state index contributed by atoms with van der Waals surface area (Å²) in [6.45, 7) is 2.49. The van der Waals surface area contributed by atoms with Crippen LogP contribution in [0.25, 0.3) is 0 Å². The smallest absolute Gasteiger partial charge is 0.0897 e. The molecule has 0 amide bonds. The Hall–Kier alpha value is -1.69. The molecule has 2 unspecified atom stereocenters. The van der Waals surface area contributed by atoms with E-state index in [1.807, 2.05) is 16.9 Å². The van der Waals surface area contributed by atoms with Gasteiger partial charge in [0.2, 0.25) is 0 Å². The van der Waals surface area contributed by atoms with Crippen LogP contribution in [0, 0.1) is 0 Å². The molecule has 0 aliphatic heterocycles. The Morgan fingerprint density at radius 1 is 1.35 bits per heavy atom. The molecule has 5 nitrogen and oxygen atoms in total. The van der Waals surface area contributed by atoms with Crippen LogP contribution in [0.5, 0.6) is 0 Å². The zero-order valence-corrected chi connectivity index (χ0v) is 13.4. The van der Waals surface area contributed by atoms with Gasteiger partial charge in [-0.3, -0.25) is 4.68 Å². The Balaban J connectivity index is 1.37. The minimum atomic E-state index is -0.485. The van der Waals surface area contributed by atoms with E-state index < -0.39 is 6.10 Å². The summed E-state index contributed by atoms with van der Waals surface area (Å²) in [5, 5.41) is 17.5. The molecule has 1 aliphatic rings. The SMILES string of the molecule is OC(CNCCn1cccn1)COC1CCCc2ccccc21. The number of hydrogen-bond donors (Lipinski definition) is 2. The van der Waals surface area contributed by atoms with Gasteiger partial charge < -0.3 is 15.2 Å². The number of fused-ring (bicyclic) bond motifs is 1. The summed E-state index contributed by atoms with van der Waals surface area (Å²) in [5.74, 6) is 0. The highest BCUT2D eigenvalue weighted by Crippen LogP contribution is 2.32. The number of nitrogens with one attached hydrogen (secondary N) is 1. The molecule has 0 saturated carbocycles. The van der Waals surface area contributed by atoms with Crippen molar-refractivity contribution < 1.29 is 9.84 Å². The fraction of sp³-hybridized carbons (Fsp3) is 0.500. The number of aromatic nitrogens is 2. The first-order chi connectivity index (χ1) is 11.3. The maximum Gasteiger partial charge on any atom is 0.0897 e. The van der Waals surface area contributed by atoms with E-state index in [1.54, 1.807) is 6.20 Å². The number of ether oxygens (including phenoxy) is 1. The summed E-state index contributed by atoms with van der Waals surface area (Å²) in [5.41, 5.74) is 2.67. The Bertz CT molecular complexity index is 586. The van der Waals surface area contributed by atoms with Crippen molar-refractivity contribution in [2.75, 3.05) is 19.7 Å². The van der Waals surface area contributed by atoms with Crippen LogP contribution in [0.3, 0.4) is 0 Å². The average molecular weight is 315 g/mol. The van der Waals surface area contributed by atoms with Crippen LogP contribution >= 0.6 is 0 Å². The van der Waals surface area contributed by atoms with Crippen LogP contribution in [0.15, 0.2) is 42.7 Å². The summed E-state index contributed by atoms with van der Waals surface area (Å²) in [7, 11) is 0. The van der Waals surface area contributed by atoms with Crippen molar-refractivity contribution in [2.45, 2.75) is 38.0 Å². The third kappa shape index (κ3) is 4.64. The van der Waals surface area contributed by atoms with Crippen LogP contribution in [-0.4, -0.2) is 40.7 Å². The van der Waals surface area contributed by atoms with Gasteiger partial charge in [-0.25, -0.2) is 0 Å². The molecule has 1 heterocycles. The lowest BCUT2D eigenvalue weighted by atomic mass is 9.89. The number of nitrogens with zero attached hydrogens (tertiary/aromatic N) is 2. The third-order valence-corrected chi connectivity index (χ3v) is 4.26. The highest BCUT2D eigenvalue weighted by molar-refractivity contribution is 5.31. The van der Waals surface area contributed by atoms with Gasteiger partial charge in [0.1, 0.15) is 0 Å². The summed E-state index contributed by atoms with van der Waals surface area (Å²) in [6.07, 6.45) is 6.66. The van der Waals surface area contributed by atoms with Gasteiger partial charge in [-0.2, -0.15) is 5.10 Å². The first-order valence-corrected chi connectivity index (χ1v) is 8.38. The van der Waals surface area contributed by atoms with Gasteiger partial charge in [0.25, 0.3) is 0 Å². The van der Waals surface area contributed by atoms with E-state index in [9.17, 15) is 5.11 Å². The van der Waals surface area contributed by atoms with E-state index in [0.717, 1.165) is 32.4 Å². The van der Waals surface area contributed by atoms with Crippen molar-refractivity contribution in [3.8, 4) is 0 Å². The molecular weight excluding hydrogens is 290 g/mol. The number of rotatable bonds is 8. The topological polar surface area (TPSA) is 59.3 Å². The number of benzene rings is 1. The maximum atomic E-state index is 10.1. The normalized spacial score (nSPS) is 18.6. The standard InChI is InChI=1S/C18H25N3O2/c22-16(13-19-10-12-21-11-4-9-20-21)14-23-18-8-3-6-15-5-1-2-7-17(15)18/h1-2,4-5,7,9,11,16,18-19,22H,3,6,8,10,12-14H2. The molecule has 2 atom stereocenters. The summed E-state index contributed by atoms with van der Waals surface area (Å²) in [6, 6.07) is 10.4. The first-order valence-electron chi connectivity index (χ1n) is 8.38. The van der Waals surface area contributed by atoms with Gasteiger partial charge in [0.15, 0.2) is 0 Å². The highest BCUT2D eigenvalue weighted by Gasteiger charge is 2.21. The monoisotopic (exact) mass is 315 g/mol. The summed E-state index contributed by atoms with van der Waals surface area (Å²) >= 11 is 0. The molecule has 1 aromatic heterocycles. The molecule has 2 aromatic rings. The third-order valence-electron chi connectivity index (χ3n) is 4.26. The van der Waals surface area contributed by atoms with Crippen LogP contribution in [0.4, 0.5) is 0 Å². The second-order valence-electron chi connectivity index (χ2n) is 6.04. The first kappa shape index (κ1) is 16.2. The predicted molar refractivity (Wildman–Crippen MR) is 89.2 cm³/mol. The van der Waals surface area contributed by atoms with E-state index in [0.29, 0.717) is 13.2 Å². The van der Waals surface area contributed by atoms with Gasteiger partial charge in [0, 0.05) is 25.5 Å². The Morgan fingerprint density at radius 2 is 2.26 bits per heavy atom. The summed E-state index contributed by atoms with van der Waals surface area (Å²) in [4.78, 5) is 0. The van der Waals surface area contributed by atoms with Crippen molar-refractivity contribution >= 4 is 0 Å². The Morgan fingerprint density at radius 3 is 3.13 bits per heavy atom. The predicted octanol–water partition coefficient (Wildman–Crippen LogP) is 1.93. The summed E-state index contributed by atoms with van der Waals surface area (Å²) < 4.78 is 7.84. The zero-order chi connectivity index (χ0) is 15.9. The van der Waals surface area contributed by atoms with Gasteiger partial charge in [0.05, 0.1) is 25.4 Å². The van der Waals surface area contributed by atoms with E-state index in [-0.39, 0.29) is 6.10 Å². The fourth-order valence-corrected chi connectivity index (χ4v) is 3.06. The number of aliphatic hydroxyl groups is 1. The van der Waals surface area contributed by atoms with Crippen molar-refractivity contribution in [3.63, 3.8) is 0 Å². The molecule has 0 spiro atoms. The Labute approximate surface area is 137 Å². The van der Waals surface area contributed by atoms with E-state index in [2.05, 4.69) is 34.7 Å². The molecule has 1 aromatic carbocycles. The van der Waals surface area contributed by atoms with Gasteiger partial charge in [-0.15, -0.1) is 0 Å². The van der Waals surface area contributed by atoms with Crippen molar-refractivity contribution in [1.29, 1.82) is 0 Å². The number of aliphatic hydroxyl groups excluding tert-OH is 1. The van der Waals surface area contributed by atoms with Gasteiger partial charge in [-0.05, 0) is 36.5 Å². The number of hydrogen-bond acceptors (Lipinski definition) is 4. The van der Waals surface area contributed by atoms with Crippen LogP contribution in [0.1, 0.15) is 30.1 Å².